The van der Waals surface area contributed by atoms with Crippen LogP contribution in [0.4, 0.5) is 15.2 Å². The topological polar surface area (TPSA) is 80.0 Å². The van der Waals surface area contributed by atoms with Crippen LogP contribution in [-0.4, -0.2) is 16.3 Å². The molecule has 0 aliphatic heterocycles. The van der Waals surface area contributed by atoms with Crippen molar-refractivity contribution in [1.29, 1.82) is 0 Å². The van der Waals surface area contributed by atoms with E-state index in [1.165, 1.54) is 6.07 Å². The molecule has 7 heteroatoms. The Labute approximate surface area is 126 Å². The first kappa shape index (κ1) is 15.2. The maximum Gasteiger partial charge on any atom is 0.258 e. The number of nitrogens with two attached hydrogens (primary N) is 1. The van der Waals surface area contributed by atoms with Gasteiger partial charge in [-0.15, -0.1) is 0 Å². The van der Waals surface area contributed by atoms with Crippen LogP contribution in [0.2, 0.25) is 0 Å². The number of carbonyl (C=O) groups excluding carboxylic acids is 1. The first-order valence-corrected chi connectivity index (χ1v) is 7.29. The van der Waals surface area contributed by atoms with E-state index in [1.807, 2.05) is 13.8 Å². The van der Waals surface area contributed by atoms with E-state index in [1.54, 1.807) is 18.2 Å². The summed E-state index contributed by atoms with van der Waals surface area (Å²) in [7, 11) is 0. The normalized spacial score (nSPS) is 10.7. The van der Waals surface area contributed by atoms with Crippen molar-refractivity contribution >= 4 is 28.3 Å². The van der Waals surface area contributed by atoms with Crippen molar-refractivity contribution in [2.45, 2.75) is 26.4 Å². The quantitative estimate of drug-likeness (QED) is 0.793. The highest BCUT2D eigenvalue weighted by Gasteiger charge is 2.19. The van der Waals surface area contributed by atoms with Crippen LogP contribution in [0, 0.1) is 5.82 Å². The lowest BCUT2D eigenvalue weighted by Gasteiger charge is -2.10. The van der Waals surface area contributed by atoms with Gasteiger partial charge in [0.2, 0.25) is 0 Å². The summed E-state index contributed by atoms with van der Waals surface area (Å²) >= 11 is 1.09. The fraction of sp³-hybridized carbons (Fsp3) is 0.286. The van der Waals surface area contributed by atoms with Gasteiger partial charge in [-0.25, -0.2) is 4.39 Å². The number of anilines is 2. The second-order valence-electron chi connectivity index (χ2n) is 4.85. The zero-order valence-corrected chi connectivity index (χ0v) is 12.6. The minimum atomic E-state index is -0.296. The number of amides is 1. The number of halogens is 1. The summed E-state index contributed by atoms with van der Waals surface area (Å²) in [5, 5.41) is 6.33. The zero-order chi connectivity index (χ0) is 15.4. The second-order valence-corrected chi connectivity index (χ2v) is 5.62. The molecule has 0 radical (unpaired) electrons. The van der Waals surface area contributed by atoms with Gasteiger partial charge in [-0.2, -0.15) is 4.37 Å². The van der Waals surface area contributed by atoms with Crippen LogP contribution in [-0.2, 0) is 6.54 Å². The highest BCUT2D eigenvalue weighted by Crippen LogP contribution is 2.27. The van der Waals surface area contributed by atoms with Crippen molar-refractivity contribution in [3.8, 4) is 0 Å². The second kappa shape index (κ2) is 6.53. The third-order valence-corrected chi connectivity index (χ3v) is 3.58. The van der Waals surface area contributed by atoms with Crippen molar-refractivity contribution in [2.24, 2.45) is 0 Å². The molecular formula is C14H17FN4OS. The number of nitrogens with one attached hydrogen (secondary N) is 2. The largest absolute Gasteiger partial charge is 0.382 e. The maximum absolute atomic E-state index is 13.6. The molecule has 4 N–H and O–H groups in total. The smallest absolute Gasteiger partial charge is 0.258 e. The number of carbonyl (C=O) groups is 1. The average molecular weight is 308 g/mol. The lowest BCUT2D eigenvalue weighted by atomic mass is 10.2. The highest BCUT2D eigenvalue weighted by atomic mass is 32.1. The number of rotatable bonds is 5. The molecule has 0 saturated carbocycles. The van der Waals surface area contributed by atoms with E-state index in [9.17, 15) is 9.18 Å². The average Bonchev–Trinajstić information content (AvgIpc) is 2.78. The minimum absolute atomic E-state index is 0.00350. The Morgan fingerprint density at radius 3 is 2.81 bits per heavy atom. The molecule has 1 aromatic heterocycles. The molecule has 0 fully saturated rings. The molecule has 1 heterocycles. The molecule has 0 saturated heterocycles. The summed E-state index contributed by atoms with van der Waals surface area (Å²) in [6.45, 7) is 3.98. The Kier molecular flexibility index (Phi) is 4.74. The Balaban J connectivity index is 2.14. The number of nitrogens with zero attached hydrogens (tertiary/aromatic N) is 1. The molecule has 0 bridgehead atoms. The Bertz CT molecular complexity index is 642. The first-order valence-electron chi connectivity index (χ1n) is 6.52. The van der Waals surface area contributed by atoms with Gasteiger partial charge in [0.15, 0.2) is 5.82 Å². The van der Waals surface area contributed by atoms with E-state index < -0.39 is 0 Å². The van der Waals surface area contributed by atoms with Gasteiger partial charge in [-0.3, -0.25) is 4.79 Å². The van der Waals surface area contributed by atoms with Crippen LogP contribution in [0.25, 0.3) is 0 Å². The number of hydrogen-bond donors (Lipinski definition) is 3. The fourth-order valence-corrected chi connectivity index (χ4v) is 2.50. The van der Waals surface area contributed by atoms with Crippen molar-refractivity contribution < 1.29 is 9.18 Å². The Morgan fingerprint density at radius 1 is 1.43 bits per heavy atom. The van der Waals surface area contributed by atoms with Crippen LogP contribution in [0.15, 0.2) is 24.3 Å². The summed E-state index contributed by atoms with van der Waals surface area (Å²) in [5.74, 6) is -0.405. The lowest BCUT2D eigenvalue weighted by Crippen LogP contribution is -2.30. The molecule has 2 aromatic rings. The van der Waals surface area contributed by atoms with E-state index in [0.29, 0.717) is 16.1 Å². The van der Waals surface area contributed by atoms with E-state index >= 15 is 0 Å². The molecule has 1 aromatic carbocycles. The van der Waals surface area contributed by atoms with Gasteiger partial charge >= 0.3 is 0 Å². The van der Waals surface area contributed by atoms with Gasteiger partial charge in [0, 0.05) is 18.2 Å². The SMILES string of the molecule is CC(C)NC(=O)c1c(N)nsc1NCc1ccccc1F. The summed E-state index contributed by atoms with van der Waals surface area (Å²) in [5.41, 5.74) is 6.57. The van der Waals surface area contributed by atoms with E-state index in [-0.39, 0.29) is 30.1 Å². The summed E-state index contributed by atoms with van der Waals surface area (Å²) < 4.78 is 17.6. The van der Waals surface area contributed by atoms with E-state index in [4.69, 9.17) is 5.73 Å². The van der Waals surface area contributed by atoms with Crippen LogP contribution in [0.1, 0.15) is 29.8 Å². The first-order chi connectivity index (χ1) is 9.99. The van der Waals surface area contributed by atoms with Crippen molar-refractivity contribution in [3.05, 3.63) is 41.2 Å². The van der Waals surface area contributed by atoms with Gasteiger partial charge in [0.05, 0.1) is 0 Å². The Hall–Kier alpha value is -2.15. The monoisotopic (exact) mass is 308 g/mol. The lowest BCUT2D eigenvalue weighted by molar-refractivity contribution is 0.0945. The molecule has 0 spiro atoms. The molecule has 0 aliphatic carbocycles. The number of benzene rings is 1. The number of aromatic nitrogens is 1. The van der Waals surface area contributed by atoms with Crippen LogP contribution < -0.4 is 16.4 Å². The maximum atomic E-state index is 13.6. The van der Waals surface area contributed by atoms with Crippen LogP contribution >= 0.6 is 11.5 Å². The van der Waals surface area contributed by atoms with Crippen molar-refractivity contribution in [3.63, 3.8) is 0 Å². The van der Waals surface area contributed by atoms with Crippen molar-refractivity contribution in [1.82, 2.24) is 9.69 Å². The highest BCUT2D eigenvalue weighted by molar-refractivity contribution is 7.11. The molecule has 0 unspecified atom stereocenters. The summed E-state index contributed by atoms with van der Waals surface area (Å²) in [4.78, 5) is 12.1. The predicted octanol–water partition coefficient (Wildman–Crippen LogP) is 2.61. The standard InChI is InChI=1S/C14H17FN4OS/c1-8(2)18-13(20)11-12(16)19-21-14(11)17-7-9-5-3-4-6-10(9)15/h3-6,8,17H,7H2,1-2H3,(H2,16,19)(H,18,20). The molecule has 1 amide bonds. The number of hydrogen-bond acceptors (Lipinski definition) is 5. The predicted molar refractivity (Wildman–Crippen MR) is 82.9 cm³/mol. The number of nitrogen functional groups attached to an aromatic ring is 1. The van der Waals surface area contributed by atoms with E-state index in [2.05, 4.69) is 15.0 Å². The zero-order valence-electron chi connectivity index (χ0n) is 11.8. The minimum Gasteiger partial charge on any atom is -0.382 e. The molecule has 112 valence electrons. The summed E-state index contributed by atoms with van der Waals surface area (Å²) in [6, 6.07) is 6.46. The molecule has 2 rings (SSSR count). The van der Waals surface area contributed by atoms with E-state index in [0.717, 1.165) is 11.5 Å². The van der Waals surface area contributed by atoms with Crippen LogP contribution in [0.3, 0.4) is 0 Å². The fourth-order valence-electron chi connectivity index (χ4n) is 1.79. The Morgan fingerprint density at radius 2 is 2.14 bits per heavy atom. The van der Waals surface area contributed by atoms with Crippen molar-refractivity contribution in [2.75, 3.05) is 11.1 Å². The molecule has 0 aliphatic rings. The third kappa shape index (κ3) is 3.69. The van der Waals surface area contributed by atoms with Gasteiger partial charge in [-0.05, 0) is 31.4 Å². The molecular weight excluding hydrogens is 291 g/mol. The van der Waals surface area contributed by atoms with Gasteiger partial charge in [-0.1, -0.05) is 18.2 Å². The molecule has 5 nitrogen and oxygen atoms in total. The summed E-state index contributed by atoms with van der Waals surface area (Å²) in [6.07, 6.45) is 0. The van der Waals surface area contributed by atoms with Gasteiger partial charge in [0.25, 0.3) is 5.91 Å². The van der Waals surface area contributed by atoms with Gasteiger partial charge < -0.3 is 16.4 Å². The van der Waals surface area contributed by atoms with Crippen LogP contribution in [0.5, 0.6) is 0 Å². The third-order valence-electron chi connectivity index (χ3n) is 2.76. The molecule has 0 atom stereocenters. The molecule has 21 heavy (non-hydrogen) atoms. The van der Waals surface area contributed by atoms with Gasteiger partial charge in [0.1, 0.15) is 16.4 Å².